The van der Waals surface area contributed by atoms with Crippen molar-refractivity contribution in [1.29, 1.82) is 0 Å². The van der Waals surface area contributed by atoms with E-state index < -0.39 is 0 Å². The fraction of sp³-hybridized carbons (Fsp3) is 0.462. The van der Waals surface area contributed by atoms with Gasteiger partial charge in [-0.1, -0.05) is 23.5 Å². The van der Waals surface area contributed by atoms with E-state index in [1.165, 1.54) is 39.7 Å². The molecule has 0 N–H and O–H groups in total. The predicted octanol–water partition coefficient (Wildman–Crippen LogP) is 3.69. The van der Waals surface area contributed by atoms with Crippen LogP contribution in [-0.2, 0) is 6.54 Å². The highest BCUT2D eigenvalue weighted by molar-refractivity contribution is 8.20. The first-order valence-electron chi connectivity index (χ1n) is 5.96. The van der Waals surface area contributed by atoms with Gasteiger partial charge in [0.25, 0.3) is 0 Å². The first-order valence-corrected chi connectivity index (χ1v) is 8.87. The fourth-order valence-electron chi connectivity index (χ4n) is 2.24. The summed E-state index contributed by atoms with van der Waals surface area (Å²) >= 11 is 6.17. The van der Waals surface area contributed by atoms with Gasteiger partial charge in [-0.05, 0) is 6.07 Å². The molecule has 4 heteroatoms. The molecule has 2 heterocycles. The summed E-state index contributed by atoms with van der Waals surface area (Å²) in [6, 6.07) is 8.74. The quantitative estimate of drug-likeness (QED) is 0.790. The molecule has 1 fully saturated rings. The van der Waals surface area contributed by atoms with Crippen LogP contribution >= 0.6 is 34.9 Å². The molecular weight excluding hydrogens is 266 g/mol. The molecular formula is C13H16NS3+. The van der Waals surface area contributed by atoms with Gasteiger partial charge < -0.3 is 0 Å². The van der Waals surface area contributed by atoms with E-state index in [4.69, 9.17) is 0 Å². The average Bonchev–Trinajstić information content (AvgIpc) is 2.93. The lowest BCUT2D eigenvalue weighted by Crippen LogP contribution is -2.35. The molecule has 0 radical (unpaired) electrons. The maximum atomic E-state index is 2.49. The number of fused-ring (bicyclic) bond motifs is 1. The Kier molecular flexibility index (Phi) is 3.64. The van der Waals surface area contributed by atoms with Gasteiger partial charge >= 0.3 is 0 Å². The van der Waals surface area contributed by atoms with Crippen LogP contribution in [0.1, 0.15) is 11.4 Å². The summed E-state index contributed by atoms with van der Waals surface area (Å²) in [5.41, 5.74) is 1.41. The molecule has 0 bridgehead atoms. The van der Waals surface area contributed by atoms with Gasteiger partial charge in [0, 0.05) is 30.9 Å². The number of benzene rings is 1. The molecule has 0 unspecified atom stereocenters. The Labute approximate surface area is 115 Å². The zero-order valence-corrected chi connectivity index (χ0v) is 12.3. The van der Waals surface area contributed by atoms with Crippen molar-refractivity contribution >= 4 is 45.1 Å². The van der Waals surface area contributed by atoms with Crippen molar-refractivity contribution in [1.82, 2.24) is 0 Å². The van der Waals surface area contributed by atoms with Gasteiger partial charge in [0.15, 0.2) is 6.54 Å². The number of nitrogens with zero attached hydrogens (tertiary/aromatic N) is 1. The first kappa shape index (κ1) is 11.9. The van der Waals surface area contributed by atoms with E-state index in [1.54, 1.807) is 0 Å². The zero-order valence-electron chi connectivity index (χ0n) is 9.89. The summed E-state index contributed by atoms with van der Waals surface area (Å²) in [5.74, 6) is 2.67. The van der Waals surface area contributed by atoms with Crippen LogP contribution in [0.3, 0.4) is 0 Å². The molecule has 1 aliphatic heterocycles. The Morgan fingerprint density at radius 1 is 1.24 bits per heavy atom. The normalized spacial score (nSPS) is 17.0. The van der Waals surface area contributed by atoms with E-state index in [1.807, 2.05) is 11.3 Å². The largest absolute Gasteiger partial charge is 0.235 e. The van der Waals surface area contributed by atoms with Gasteiger partial charge in [-0.3, -0.25) is 0 Å². The molecule has 0 aliphatic carbocycles. The SMILES string of the molecule is Cc1sc2ccccc2[n+]1CCC1SCCS1. The Hall–Kier alpha value is -0.190. The number of aromatic nitrogens is 1. The topological polar surface area (TPSA) is 3.88 Å². The molecule has 0 saturated carbocycles. The summed E-state index contributed by atoms with van der Waals surface area (Å²) in [6.45, 7) is 3.40. The molecule has 1 saturated heterocycles. The standard InChI is InChI=1S/C13H16NS3/c1-10-14(7-6-13-15-8-9-16-13)11-4-2-3-5-12(11)17-10/h2-5,13H,6-9H2,1H3/q+1. The lowest BCUT2D eigenvalue weighted by molar-refractivity contribution is -0.672. The molecule has 3 rings (SSSR count). The van der Waals surface area contributed by atoms with Gasteiger partial charge in [0.1, 0.15) is 4.70 Å². The van der Waals surface area contributed by atoms with Gasteiger partial charge in [0.05, 0.1) is 4.58 Å². The highest BCUT2D eigenvalue weighted by atomic mass is 32.2. The molecule has 0 spiro atoms. The number of thiazole rings is 1. The van der Waals surface area contributed by atoms with Crippen LogP contribution < -0.4 is 4.57 Å². The number of para-hydroxylation sites is 1. The minimum Gasteiger partial charge on any atom is -0.186 e. The van der Waals surface area contributed by atoms with E-state index in [2.05, 4.69) is 59.3 Å². The highest BCUT2D eigenvalue weighted by Crippen LogP contribution is 2.34. The maximum Gasteiger partial charge on any atom is 0.235 e. The smallest absolute Gasteiger partial charge is 0.186 e. The van der Waals surface area contributed by atoms with Crippen LogP contribution in [0.2, 0.25) is 0 Å². The van der Waals surface area contributed by atoms with Crippen LogP contribution in [0, 0.1) is 6.92 Å². The van der Waals surface area contributed by atoms with Crippen LogP contribution in [0.5, 0.6) is 0 Å². The number of aryl methyl sites for hydroxylation is 2. The third kappa shape index (κ3) is 2.49. The minimum atomic E-state index is 0.820. The highest BCUT2D eigenvalue weighted by Gasteiger charge is 2.21. The van der Waals surface area contributed by atoms with E-state index in [0.29, 0.717) is 0 Å². The Morgan fingerprint density at radius 3 is 2.82 bits per heavy atom. The van der Waals surface area contributed by atoms with Crippen molar-refractivity contribution in [2.75, 3.05) is 11.5 Å². The van der Waals surface area contributed by atoms with E-state index in [9.17, 15) is 0 Å². The average molecular weight is 282 g/mol. The molecule has 90 valence electrons. The van der Waals surface area contributed by atoms with E-state index >= 15 is 0 Å². The summed E-state index contributed by atoms with van der Waals surface area (Å²) in [4.78, 5) is 0. The monoisotopic (exact) mass is 282 g/mol. The summed E-state index contributed by atoms with van der Waals surface area (Å²) in [5, 5.41) is 1.43. The third-order valence-electron chi connectivity index (χ3n) is 3.07. The van der Waals surface area contributed by atoms with Crippen molar-refractivity contribution in [2.45, 2.75) is 24.5 Å². The molecule has 1 aromatic heterocycles. The van der Waals surface area contributed by atoms with E-state index in [-0.39, 0.29) is 0 Å². The zero-order chi connectivity index (χ0) is 11.7. The van der Waals surface area contributed by atoms with Crippen LogP contribution in [0.25, 0.3) is 10.2 Å². The fourth-order valence-corrected chi connectivity index (χ4v) is 6.09. The van der Waals surface area contributed by atoms with Crippen LogP contribution in [-0.4, -0.2) is 16.1 Å². The number of hydrogen-bond donors (Lipinski definition) is 0. The van der Waals surface area contributed by atoms with Crippen LogP contribution in [0.4, 0.5) is 0 Å². The molecule has 17 heavy (non-hydrogen) atoms. The first-order chi connectivity index (χ1) is 8.34. The van der Waals surface area contributed by atoms with Crippen molar-refractivity contribution in [3.05, 3.63) is 29.3 Å². The second-order valence-electron chi connectivity index (χ2n) is 4.20. The van der Waals surface area contributed by atoms with Gasteiger partial charge in [-0.2, -0.15) is 4.57 Å². The Bertz CT molecular complexity index is 514. The molecule has 0 amide bonds. The Morgan fingerprint density at radius 2 is 2.00 bits per heavy atom. The second-order valence-corrected chi connectivity index (χ2v) is 8.35. The molecule has 1 aromatic carbocycles. The lowest BCUT2D eigenvalue weighted by atomic mass is 10.3. The van der Waals surface area contributed by atoms with Crippen molar-refractivity contribution < 1.29 is 4.57 Å². The van der Waals surface area contributed by atoms with Crippen molar-refractivity contribution in [3.63, 3.8) is 0 Å². The van der Waals surface area contributed by atoms with Crippen molar-refractivity contribution in [2.24, 2.45) is 0 Å². The summed E-state index contributed by atoms with van der Waals surface area (Å²) in [7, 11) is 0. The minimum absolute atomic E-state index is 0.820. The Balaban J connectivity index is 1.81. The maximum absolute atomic E-state index is 2.49. The predicted molar refractivity (Wildman–Crippen MR) is 80.1 cm³/mol. The van der Waals surface area contributed by atoms with Gasteiger partial charge in [0.2, 0.25) is 10.5 Å². The summed E-state index contributed by atoms with van der Waals surface area (Å²) < 4.78 is 4.72. The number of rotatable bonds is 3. The third-order valence-corrected chi connectivity index (χ3v) is 7.32. The van der Waals surface area contributed by atoms with Gasteiger partial charge in [-0.15, -0.1) is 23.5 Å². The van der Waals surface area contributed by atoms with E-state index in [0.717, 1.165) is 4.58 Å². The molecule has 0 atom stereocenters. The lowest BCUT2D eigenvalue weighted by Gasteiger charge is -2.04. The second kappa shape index (κ2) is 5.21. The molecule has 1 nitrogen and oxygen atoms in total. The number of thioether (sulfide) groups is 2. The molecule has 2 aromatic rings. The molecule has 1 aliphatic rings. The van der Waals surface area contributed by atoms with Crippen molar-refractivity contribution in [3.8, 4) is 0 Å². The summed E-state index contributed by atoms with van der Waals surface area (Å²) in [6.07, 6.45) is 1.29. The van der Waals surface area contributed by atoms with Crippen LogP contribution in [0.15, 0.2) is 24.3 Å². The number of hydrogen-bond acceptors (Lipinski definition) is 3. The van der Waals surface area contributed by atoms with Gasteiger partial charge in [-0.25, -0.2) is 0 Å².